The molecule has 5 heteroatoms. The number of hydrogen-bond donors (Lipinski definition) is 2. The minimum atomic E-state index is -0.547. The van der Waals surface area contributed by atoms with Crippen LogP contribution in [-0.2, 0) is 10.3 Å². The number of carbonyl (C=O) groups is 1. The minimum absolute atomic E-state index is 0.282. The summed E-state index contributed by atoms with van der Waals surface area (Å²) >= 11 is 0. The van der Waals surface area contributed by atoms with Crippen molar-refractivity contribution in [3.63, 3.8) is 0 Å². The zero-order valence-electron chi connectivity index (χ0n) is 12.8. The Morgan fingerprint density at radius 3 is 2.52 bits per heavy atom. The van der Waals surface area contributed by atoms with Crippen molar-refractivity contribution in [2.75, 3.05) is 13.1 Å². The molecule has 1 aromatic carbocycles. The molecule has 1 amide bonds. The van der Waals surface area contributed by atoms with E-state index in [1.165, 1.54) is 12.1 Å². The second-order valence-corrected chi connectivity index (χ2v) is 6.50. The molecule has 0 saturated carbocycles. The van der Waals surface area contributed by atoms with Gasteiger partial charge in [-0.05, 0) is 57.9 Å². The van der Waals surface area contributed by atoms with Gasteiger partial charge in [-0.1, -0.05) is 12.1 Å². The summed E-state index contributed by atoms with van der Waals surface area (Å²) in [6, 6.07) is 6.28. The van der Waals surface area contributed by atoms with E-state index in [9.17, 15) is 9.18 Å². The van der Waals surface area contributed by atoms with Crippen LogP contribution in [0.25, 0.3) is 0 Å². The lowest BCUT2D eigenvalue weighted by Crippen LogP contribution is -2.56. The summed E-state index contributed by atoms with van der Waals surface area (Å²) in [5.74, 6) is -0.282. The Balaban J connectivity index is 2.21. The Morgan fingerprint density at radius 1 is 1.33 bits per heavy atom. The maximum absolute atomic E-state index is 13.1. The number of alkyl carbamates (subject to hydrolysis) is 1. The molecule has 1 fully saturated rings. The summed E-state index contributed by atoms with van der Waals surface area (Å²) in [4.78, 5) is 12.1. The monoisotopic (exact) mass is 294 g/mol. The molecule has 1 atom stereocenters. The quantitative estimate of drug-likeness (QED) is 0.881. The molecule has 0 radical (unpaired) electrons. The van der Waals surface area contributed by atoms with Gasteiger partial charge in [0.1, 0.15) is 11.4 Å². The van der Waals surface area contributed by atoms with E-state index < -0.39 is 17.2 Å². The molecule has 1 saturated heterocycles. The molecule has 2 rings (SSSR count). The second kappa shape index (κ2) is 6.02. The zero-order chi connectivity index (χ0) is 15.5. The van der Waals surface area contributed by atoms with Crippen LogP contribution < -0.4 is 10.6 Å². The SMILES string of the molecule is CC(C)(C)OC(=O)NC1(c2ccc(F)cc2)CCCNC1. The number of ether oxygens (including phenoxy) is 1. The van der Waals surface area contributed by atoms with Crippen LogP contribution in [0.1, 0.15) is 39.2 Å². The standard InChI is InChI=1S/C16H23FN2O2/c1-15(2,3)21-14(20)19-16(9-4-10-18-11-16)12-5-7-13(17)8-6-12/h5-8,18H,4,9-11H2,1-3H3,(H,19,20). The Labute approximate surface area is 125 Å². The molecule has 0 bridgehead atoms. The summed E-state index contributed by atoms with van der Waals surface area (Å²) in [6.45, 7) is 7.01. The fraction of sp³-hybridized carbons (Fsp3) is 0.562. The number of piperidine rings is 1. The first-order valence-corrected chi connectivity index (χ1v) is 7.29. The molecule has 1 aliphatic rings. The van der Waals surface area contributed by atoms with Crippen molar-refractivity contribution in [1.82, 2.24) is 10.6 Å². The van der Waals surface area contributed by atoms with E-state index in [0.717, 1.165) is 24.9 Å². The van der Waals surface area contributed by atoms with Crippen LogP contribution in [-0.4, -0.2) is 24.8 Å². The van der Waals surface area contributed by atoms with Crippen molar-refractivity contribution in [3.8, 4) is 0 Å². The van der Waals surface area contributed by atoms with Crippen LogP contribution in [0.2, 0.25) is 0 Å². The summed E-state index contributed by atoms with van der Waals surface area (Å²) in [5, 5.41) is 6.27. The highest BCUT2D eigenvalue weighted by Crippen LogP contribution is 2.29. The number of carbonyl (C=O) groups excluding carboxylic acids is 1. The lowest BCUT2D eigenvalue weighted by molar-refractivity contribution is 0.0431. The van der Waals surface area contributed by atoms with Crippen molar-refractivity contribution < 1.29 is 13.9 Å². The third kappa shape index (κ3) is 4.17. The van der Waals surface area contributed by atoms with Gasteiger partial charge in [0.2, 0.25) is 0 Å². The number of hydrogen-bond acceptors (Lipinski definition) is 3. The molecule has 1 heterocycles. The lowest BCUT2D eigenvalue weighted by atomic mass is 9.83. The van der Waals surface area contributed by atoms with Crippen molar-refractivity contribution in [2.24, 2.45) is 0 Å². The maximum Gasteiger partial charge on any atom is 0.408 e. The predicted octanol–water partition coefficient (Wildman–Crippen LogP) is 2.93. The number of halogens is 1. The third-order valence-corrected chi connectivity index (χ3v) is 3.52. The van der Waals surface area contributed by atoms with Gasteiger partial charge in [-0.3, -0.25) is 0 Å². The van der Waals surface area contributed by atoms with Gasteiger partial charge in [-0.15, -0.1) is 0 Å². The van der Waals surface area contributed by atoms with E-state index in [-0.39, 0.29) is 5.82 Å². The molecule has 21 heavy (non-hydrogen) atoms. The van der Waals surface area contributed by atoms with Gasteiger partial charge in [0, 0.05) is 6.54 Å². The molecule has 116 valence electrons. The van der Waals surface area contributed by atoms with E-state index in [1.54, 1.807) is 12.1 Å². The number of nitrogens with one attached hydrogen (secondary N) is 2. The Kier molecular flexibility index (Phi) is 4.52. The molecule has 0 aromatic heterocycles. The van der Waals surface area contributed by atoms with Gasteiger partial charge >= 0.3 is 6.09 Å². The molecule has 4 nitrogen and oxygen atoms in total. The van der Waals surface area contributed by atoms with Gasteiger partial charge in [0.15, 0.2) is 0 Å². The molecule has 1 unspecified atom stereocenters. The molecule has 2 N–H and O–H groups in total. The zero-order valence-corrected chi connectivity index (χ0v) is 12.8. The first-order valence-electron chi connectivity index (χ1n) is 7.29. The third-order valence-electron chi connectivity index (χ3n) is 3.52. The van der Waals surface area contributed by atoms with E-state index in [1.807, 2.05) is 20.8 Å². The van der Waals surface area contributed by atoms with Crippen molar-refractivity contribution in [3.05, 3.63) is 35.6 Å². The van der Waals surface area contributed by atoms with Crippen LogP contribution in [0.5, 0.6) is 0 Å². The van der Waals surface area contributed by atoms with E-state index in [4.69, 9.17) is 4.74 Å². The van der Waals surface area contributed by atoms with Crippen molar-refractivity contribution >= 4 is 6.09 Å². The normalized spacial score (nSPS) is 22.7. The Bertz CT molecular complexity index is 488. The summed E-state index contributed by atoms with van der Waals surface area (Å²) in [5.41, 5.74) is -0.202. The Hall–Kier alpha value is -1.62. The predicted molar refractivity (Wildman–Crippen MR) is 79.6 cm³/mol. The molecule has 1 aromatic rings. The number of amides is 1. The van der Waals surface area contributed by atoms with Gasteiger partial charge in [0.05, 0.1) is 5.54 Å². The van der Waals surface area contributed by atoms with Crippen LogP contribution in [0.15, 0.2) is 24.3 Å². The van der Waals surface area contributed by atoms with Crippen LogP contribution in [0.4, 0.5) is 9.18 Å². The molecular formula is C16H23FN2O2. The van der Waals surface area contributed by atoms with Gasteiger partial charge in [0.25, 0.3) is 0 Å². The summed E-state index contributed by atoms with van der Waals surface area (Å²) in [7, 11) is 0. The number of benzene rings is 1. The highest BCUT2D eigenvalue weighted by molar-refractivity contribution is 5.69. The van der Waals surface area contributed by atoms with Gasteiger partial charge < -0.3 is 15.4 Å². The fourth-order valence-corrected chi connectivity index (χ4v) is 2.60. The van der Waals surface area contributed by atoms with Crippen LogP contribution in [0.3, 0.4) is 0 Å². The van der Waals surface area contributed by atoms with Gasteiger partial charge in [-0.25, -0.2) is 9.18 Å². The first kappa shape index (κ1) is 15.8. The number of rotatable bonds is 2. The molecular weight excluding hydrogens is 271 g/mol. The summed E-state index contributed by atoms with van der Waals surface area (Å²) in [6.07, 6.45) is 1.29. The smallest absolute Gasteiger partial charge is 0.408 e. The fourth-order valence-electron chi connectivity index (χ4n) is 2.60. The highest BCUT2D eigenvalue weighted by atomic mass is 19.1. The lowest BCUT2D eigenvalue weighted by Gasteiger charge is -2.39. The maximum atomic E-state index is 13.1. The molecule has 0 aliphatic carbocycles. The van der Waals surface area contributed by atoms with Crippen LogP contribution >= 0.6 is 0 Å². The van der Waals surface area contributed by atoms with E-state index in [2.05, 4.69) is 10.6 Å². The topological polar surface area (TPSA) is 50.4 Å². The van der Waals surface area contributed by atoms with Crippen molar-refractivity contribution in [2.45, 2.75) is 44.8 Å². The molecule has 1 aliphatic heterocycles. The van der Waals surface area contributed by atoms with Crippen molar-refractivity contribution in [1.29, 1.82) is 0 Å². The largest absolute Gasteiger partial charge is 0.444 e. The first-order chi connectivity index (χ1) is 9.81. The minimum Gasteiger partial charge on any atom is -0.444 e. The summed E-state index contributed by atoms with van der Waals surface area (Å²) < 4.78 is 18.5. The van der Waals surface area contributed by atoms with E-state index >= 15 is 0 Å². The highest BCUT2D eigenvalue weighted by Gasteiger charge is 2.36. The average molecular weight is 294 g/mol. The Morgan fingerprint density at radius 2 is 2.00 bits per heavy atom. The van der Waals surface area contributed by atoms with Gasteiger partial charge in [-0.2, -0.15) is 0 Å². The average Bonchev–Trinajstić information content (AvgIpc) is 2.38. The second-order valence-electron chi connectivity index (χ2n) is 6.50. The molecule has 0 spiro atoms. The van der Waals surface area contributed by atoms with E-state index in [0.29, 0.717) is 6.54 Å². The van der Waals surface area contributed by atoms with Crippen LogP contribution in [0, 0.1) is 5.82 Å².